The molecule has 1 aliphatic heterocycles. The molecular formula is C18H15FN6O2S. The third-order valence-corrected chi connectivity index (χ3v) is 6.69. The van der Waals surface area contributed by atoms with Gasteiger partial charge in [0.05, 0.1) is 22.8 Å². The average molecular weight is 398 g/mol. The van der Waals surface area contributed by atoms with E-state index in [1.807, 2.05) is 12.3 Å². The zero-order valence-corrected chi connectivity index (χ0v) is 15.3. The third kappa shape index (κ3) is 2.69. The Labute approximate surface area is 159 Å². The quantitative estimate of drug-likeness (QED) is 0.569. The maximum Gasteiger partial charge on any atom is 0.243 e. The van der Waals surface area contributed by atoms with Crippen molar-refractivity contribution in [3.05, 3.63) is 61.1 Å². The molecule has 4 heterocycles. The van der Waals surface area contributed by atoms with E-state index in [9.17, 15) is 12.8 Å². The molecule has 8 nitrogen and oxygen atoms in total. The Morgan fingerprint density at radius 3 is 2.86 bits per heavy atom. The Morgan fingerprint density at radius 1 is 1.18 bits per heavy atom. The highest BCUT2D eigenvalue weighted by Crippen LogP contribution is 2.30. The standard InChI is InChI=1S/C18H15FN6O2S/c19-13-2-1-3-15(6-13)28(26,27)24-9-14(10-24)25-8-12(7-23-25)17-16-4-5-20-18(16)22-11-21-17/h1-8,11,14H,9-10H2,(H,20,21,22). The fourth-order valence-electron chi connectivity index (χ4n) is 3.32. The number of fused-ring (bicyclic) bond motifs is 1. The second-order valence-corrected chi connectivity index (χ2v) is 8.54. The van der Waals surface area contributed by atoms with Gasteiger partial charge in [-0.3, -0.25) is 4.68 Å². The van der Waals surface area contributed by atoms with Crippen LogP contribution in [-0.4, -0.2) is 50.5 Å². The van der Waals surface area contributed by atoms with Gasteiger partial charge in [0.25, 0.3) is 0 Å². The highest BCUT2D eigenvalue weighted by atomic mass is 32.2. The monoisotopic (exact) mass is 398 g/mol. The summed E-state index contributed by atoms with van der Waals surface area (Å²) >= 11 is 0. The highest BCUT2D eigenvalue weighted by Gasteiger charge is 2.38. The summed E-state index contributed by atoms with van der Waals surface area (Å²) in [5, 5.41) is 5.27. The normalized spacial score (nSPS) is 15.8. The number of H-pyrrole nitrogens is 1. The van der Waals surface area contributed by atoms with E-state index in [-0.39, 0.29) is 24.0 Å². The number of hydrogen-bond donors (Lipinski definition) is 1. The second-order valence-electron chi connectivity index (χ2n) is 6.60. The van der Waals surface area contributed by atoms with Gasteiger partial charge in [0.1, 0.15) is 17.8 Å². The smallest absolute Gasteiger partial charge is 0.243 e. The van der Waals surface area contributed by atoms with Gasteiger partial charge >= 0.3 is 0 Å². The minimum atomic E-state index is -3.70. The Bertz CT molecular complexity index is 1280. The Balaban J connectivity index is 1.36. The number of sulfonamides is 1. The van der Waals surface area contributed by atoms with Crippen molar-refractivity contribution in [2.45, 2.75) is 10.9 Å². The first-order valence-corrected chi connectivity index (χ1v) is 10.0. The molecule has 0 radical (unpaired) electrons. The van der Waals surface area contributed by atoms with Crippen molar-refractivity contribution in [1.29, 1.82) is 0 Å². The number of nitrogens with one attached hydrogen (secondary N) is 1. The zero-order chi connectivity index (χ0) is 19.3. The molecule has 1 aliphatic rings. The number of halogens is 1. The van der Waals surface area contributed by atoms with Crippen molar-refractivity contribution >= 4 is 21.1 Å². The van der Waals surface area contributed by atoms with Crippen LogP contribution in [0.2, 0.25) is 0 Å². The highest BCUT2D eigenvalue weighted by molar-refractivity contribution is 7.89. The van der Waals surface area contributed by atoms with Crippen LogP contribution in [0.4, 0.5) is 4.39 Å². The van der Waals surface area contributed by atoms with Gasteiger partial charge in [0, 0.05) is 36.4 Å². The van der Waals surface area contributed by atoms with Crippen LogP contribution >= 0.6 is 0 Å². The second kappa shape index (κ2) is 6.21. The summed E-state index contributed by atoms with van der Waals surface area (Å²) in [6.45, 7) is 0.562. The van der Waals surface area contributed by atoms with E-state index >= 15 is 0 Å². The van der Waals surface area contributed by atoms with Crippen molar-refractivity contribution in [3.63, 3.8) is 0 Å². The molecule has 0 atom stereocenters. The molecule has 28 heavy (non-hydrogen) atoms. The number of aromatic amines is 1. The van der Waals surface area contributed by atoms with Crippen molar-refractivity contribution in [2.24, 2.45) is 0 Å². The molecule has 1 N–H and O–H groups in total. The summed E-state index contributed by atoms with van der Waals surface area (Å²) < 4.78 is 41.6. The molecule has 0 spiro atoms. The third-order valence-electron chi connectivity index (χ3n) is 4.87. The van der Waals surface area contributed by atoms with Crippen LogP contribution in [0.5, 0.6) is 0 Å². The molecular weight excluding hydrogens is 383 g/mol. The largest absolute Gasteiger partial charge is 0.346 e. The van der Waals surface area contributed by atoms with E-state index in [0.29, 0.717) is 0 Å². The molecule has 0 aliphatic carbocycles. The molecule has 1 fully saturated rings. The lowest BCUT2D eigenvalue weighted by atomic mass is 10.1. The summed E-state index contributed by atoms with van der Waals surface area (Å²) in [6.07, 6.45) is 6.85. The molecule has 0 amide bonds. The lowest BCUT2D eigenvalue weighted by Gasteiger charge is -2.37. The van der Waals surface area contributed by atoms with Crippen LogP contribution < -0.4 is 0 Å². The fourth-order valence-corrected chi connectivity index (χ4v) is 4.87. The van der Waals surface area contributed by atoms with Gasteiger partial charge in [-0.05, 0) is 24.3 Å². The Morgan fingerprint density at radius 2 is 2.04 bits per heavy atom. The number of hydrogen-bond acceptors (Lipinski definition) is 5. The molecule has 5 rings (SSSR count). The van der Waals surface area contributed by atoms with E-state index in [2.05, 4.69) is 20.1 Å². The lowest BCUT2D eigenvalue weighted by molar-refractivity contribution is 0.191. The predicted molar refractivity (Wildman–Crippen MR) is 99.3 cm³/mol. The molecule has 3 aromatic heterocycles. The van der Waals surface area contributed by atoms with Crippen LogP contribution in [-0.2, 0) is 10.0 Å². The van der Waals surface area contributed by atoms with E-state index < -0.39 is 15.8 Å². The van der Waals surface area contributed by atoms with Gasteiger partial charge in [-0.15, -0.1) is 0 Å². The summed E-state index contributed by atoms with van der Waals surface area (Å²) in [7, 11) is -3.70. The molecule has 1 aromatic carbocycles. The SMILES string of the molecule is O=S(=O)(c1cccc(F)c1)N1CC(n2cc(-c3ncnc4[nH]ccc34)cn2)C1. The minimum absolute atomic E-state index is 0.0389. The summed E-state index contributed by atoms with van der Waals surface area (Å²) in [5.41, 5.74) is 2.34. The van der Waals surface area contributed by atoms with Crippen LogP contribution in [0.15, 0.2) is 60.1 Å². The van der Waals surface area contributed by atoms with Crippen LogP contribution in [0.1, 0.15) is 6.04 Å². The van der Waals surface area contributed by atoms with Gasteiger partial charge in [-0.1, -0.05) is 6.07 Å². The maximum atomic E-state index is 13.4. The molecule has 142 valence electrons. The molecule has 0 bridgehead atoms. The Kier molecular flexibility index (Phi) is 3.78. The van der Waals surface area contributed by atoms with Crippen molar-refractivity contribution in [1.82, 2.24) is 29.0 Å². The zero-order valence-electron chi connectivity index (χ0n) is 14.5. The minimum Gasteiger partial charge on any atom is -0.346 e. The topological polar surface area (TPSA) is 96.8 Å². The molecule has 0 saturated carbocycles. The van der Waals surface area contributed by atoms with Crippen LogP contribution in [0, 0.1) is 5.82 Å². The van der Waals surface area contributed by atoms with Crippen molar-refractivity contribution in [3.8, 4) is 11.3 Å². The lowest BCUT2D eigenvalue weighted by Crippen LogP contribution is -2.50. The van der Waals surface area contributed by atoms with Gasteiger partial charge < -0.3 is 4.98 Å². The van der Waals surface area contributed by atoms with E-state index in [1.165, 1.54) is 28.8 Å². The Hall–Kier alpha value is -3.11. The van der Waals surface area contributed by atoms with Crippen molar-refractivity contribution < 1.29 is 12.8 Å². The maximum absolute atomic E-state index is 13.4. The summed E-state index contributed by atoms with van der Waals surface area (Å²) in [6, 6.07) is 6.86. The van der Waals surface area contributed by atoms with Gasteiger partial charge in [-0.2, -0.15) is 9.40 Å². The van der Waals surface area contributed by atoms with Crippen LogP contribution in [0.3, 0.4) is 0 Å². The first kappa shape index (κ1) is 17.0. The summed E-state index contributed by atoms with van der Waals surface area (Å²) in [5.74, 6) is -0.573. The number of aromatic nitrogens is 5. The van der Waals surface area contributed by atoms with E-state index in [1.54, 1.807) is 17.1 Å². The molecule has 4 aromatic rings. The van der Waals surface area contributed by atoms with Crippen molar-refractivity contribution in [2.75, 3.05) is 13.1 Å². The van der Waals surface area contributed by atoms with Gasteiger partial charge in [0.15, 0.2) is 0 Å². The molecule has 0 unspecified atom stereocenters. The number of nitrogens with zero attached hydrogens (tertiary/aromatic N) is 5. The van der Waals surface area contributed by atoms with E-state index in [0.717, 1.165) is 28.4 Å². The first-order chi connectivity index (χ1) is 13.5. The predicted octanol–water partition coefficient (Wildman–Crippen LogP) is 2.21. The van der Waals surface area contributed by atoms with Gasteiger partial charge in [0.2, 0.25) is 10.0 Å². The number of rotatable bonds is 4. The molecule has 10 heteroatoms. The number of benzene rings is 1. The van der Waals surface area contributed by atoms with Gasteiger partial charge in [-0.25, -0.2) is 22.8 Å². The first-order valence-electron chi connectivity index (χ1n) is 8.61. The fraction of sp³-hybridized carbons (Fsp3) is 0.167. The van der Waals surface area contributed by atoms with Crippen LogP contribution in [0.25, 0.3) is 22.3 Å². The summed E-state index contributed by atoms with van der Waals surface area (Å²) in [4.78, 5) is 11.5. The molecule has 1 saturated heterocycles. The average Bonchev–Trinajstić information content (AvgIpc) is 3.29. The van der Waals surface area contributed by atoms with E-state index in [4.69, 9.17) is 0 Å².